The molecule has 0 radical (unpaired) electrons. The van der Waals surface area contributed by atoms with Crippen molar-refractivity contribution < 1.29 is 23.5 Å². The van der Waals surface area contributed by atoms with Gasteiger partial charge in [0.25, 0.3) is 5.91 Å². The van der Waals surface area contributed by atoms with Crippen LogP contribution in [0.15, 0.2) is 63.8 Å². The van der Waals surface area contributed by atoms with Gasteiger partial charge in [-0.3, -0.25) is 14.9 Å². The van der Waals surface area contributed by atoms with Gasteiger partial charge in [-0.15, -0.1) is 0 Å². The minimum atomic E-state index is -1.00. The number of imide groups is 1. The van der Waals surface area contributed by atoms with Gasteiger partial charge in [-0.05, 0) is 36.6 Å². The van der Waals surface area contributed by atoms with Crippen LogP contribution in [0.3, 0.4) is 0 Å². The first-order valence-electron chi connectivity index (χ1n) is 10.3. The van der Waals surface area contributed by atoms with Gasteiger partial charge >= 0.3 is 11.7 Å². The Morgan fingerprint density at radius 3 is 2.53 bits per heavy atom. The predicted molar refractivity (Wildman–Crippen MR) is 118 cm³/mol. The van der Waals surface area contributed by atoms with Gasteiger partial charge in [-0.2, -0.15) is 0 Å². The summed E-state index contributed by atoms with van der Waals surface area (Å²) in [5, 5.41) is 5.35. The molecule has 0 aliphatic carbocycles. The molecule has 3 amide bonds. The summed E-state index contributed by atoms with van der Waals surface area (Å²) in [7, 11) is 0. The van der Waals surface area contributed by atoms with Gasteiger partial charge in [0.2, 0.25) is 5.91 Å². The second-order valence-electron chi connectivity index (χ2n) is 7.30. The molecule has 8 nitrogen and oxygen atoms in total. The van der Waals surface area contributed by atoms with E-state index in [1.165, 1.54) is 19.1 Å². The van der Waals surface area contributed by atoms with Crippen molar-refractivity contribution in [3.8, 4) is 0 Å². The maximum atomic E-state index is 12.5. The van der Waals surface area contributed by atoms with E-state index in [1.54, 1.807) is 24.3 Å². The predicted octanol–water partition coefficient (Wildman–Crippen LogP) is 3.32. The molecule has 0 aliphatic heterocycles. The molecule has 0 saturated heterocycles. The number of nitrogens with one attached hydrogen (secondary N) is 2. The topological polar surface area (TPSA) is 115 Å². The van der Waals surface area contributed by atoms with Crippen LogP contribution < -0.4 is 16.3 Å². The zero-order valence-corrected chi connectivity index (χ0v) is 17.8. The lowest BCUT2D eigenvalue weighted by Crippen LogP contribution is -2.46. The van der Waals surface area contributed by atoms with E-state index in [1.807, 2.05) is 25.1 Å². The fraction of sp³-hybridized carbons (Fsp3) is 0.250. The molecule has 0 fully saturated rings. The van der Waals surface area contributed by atoms with E-state index in [-0.39, 0.29) is 17.8 Å². The molecular weight excluding hydrogens is 412 g/mol. The zero-order valence-electron chi connectivity index (χ0n) is 17.8. The lowest BCUT2D eigenvalue weighted by atomic mass is 10.0. The summed E-state index contributed by atoms with van der Waals surface area (Å²) in [6.07, 6.45) is 0.781. The Balaban J connectivity index is 1.60. The Morgan fingerprint density at radius 1 is 1.06 bits per heavy atom. The number of hydrogen-bond acceptors (Lipinski definition) is 6. The second kappa shape index (κ2) is 10.4. The molecule has 0 unspecified atom stereocenters. The third kappa shape index (κ3) is 5.81. The average Bonchev–Trinajstić information content (AvgIpc) is 2.78. The number of carbonyl (C=O) groups excluding carboxylic acids is 3. The van der Waals surface area contributed by atoms with Crippen molar-refractivity contribution in [3.05, 3.63) is 81.7 Å². The molecule has 1 atom stereocenters. The van der Waals surface area contributed by atoms with E-state index in [4.69, 9.17) is 9.15 Å². The van der Waals surface area contributed by atoms with Gasteiger partial charge in [-0.25, -0.2) is 9.59 Å². The number of amides is 3. The minimum Gasteiger partial charge on any atom is -0.445 e. The Hall–Kier alpha value is -3.94. The number of carbonyl (C=O) groups is 3. The molecule has 32 heavy (non-hydrogen) atoms. The van der Waals surface area contributed by atoms with Crippen molar-refractivity contribution in [3.63, 3.8) is 0 Å². The van der Waals surface area contributed by atoms with Gasteiger partial charge in [0.1, 0.15) is 18.2 Å². The molecule has 2 N–H and O–H groups in total. The highest BCUT2D eigenvalue weighted by molar-refractivity contribution is 6.07. The smallest absolute Gasteiger partial charge is 0.408 e. The molecule has 0 saturated carbocycles. The highest BCUT2D eigenvalue weighted by atomic mass is 16.5. The van der Waals surface area contributed by atoms with Crippen molar-refractivity contribution >= 4 is 28.9 Å². The first-order valence-corrected chi connectivity index (χ1v) is 10.3. The number of alkyl carbamates (subject to hydrolysis) is 1. The van der Waals surface area contributed by atoms with E-state index < -0.39 is 29.6 Å². The van der Waals surface area contributed by atoms with E-state index in [2.05, 4.69) is 10.6 Å². The van der Waals surface area contributed by atoms with Crippen LogP contribution in [-0.4, -0.2) is 23.9 Å². The average molecular weight is 436 g/mol. The molecule has 1 heterocycles. The van der Waals surface area contributed by atoms with Gasteiger partial charge in [-0.1, -0.05) is 49.7 Å². The van der Waals surface area contributed by atoms with E-state index >= 15 is 0 Å². The lowest BCUT2D eigenvalue weighted by molar-refractivity contribution is -0.121. The molecule has 3 rings (SSSR count). The van der Waals surface area contributed by atoms with Crippen LogP contribution in [0.2, 0.25) is 0 Å². The van der Waals surface area contributed by atoms with E-state index in [0.717, 1.165) is 22.9 Å². The number of rotatable bonds is 7. The Morgan fingerprint density at radius 2 is 1.81 bits per heavy atom. The number of aryl methyl sites for hydroxylation is 1. The summed E-state index contributed by atoms with van der Waals surface area (Å²) in [5.74, 6) is -1.38. The molecule has 0 aliphatic rings. The molecule has 0 spiro atoms. The van der Waals surface area contributed by atoms with Crippen molar-refractivity contribution in [1.29, 1.82) is 0 Å². The van der Waals surface area contributed by atoms with E-state index in [0.29, 0.717) is 6.42 Å². The molecule has 0 bridgehead atoms. The molecular formula is C24H24N2O6. The van der Waals surface area contributed by atoms with Crippen molar-refractivity contribution in [2.75, 3.05) is 0 Å². The Kier molecular flexibility index (Phi) is 7.38. The number of fused-ring (bicyclic) bond motifs is 1. The maximum Gasteiger partial charge on any atom is 0.408 e. The third-order valence-corrected chi connectivity index (χ3v) is 4.79. The molecule has 166 valence electrons. The van der Waals surface area contributed by atoms with Gasteiger partial charge in [0.15, 0.2) is 0 Å². The van der Waals surface area contributed by atoms with Crippen LogP contribution >= 0.6 is 0 Å². The second-order valence-corrected chi connectivity index (χ2v) is 7.30. The quantitative estimate of drug-likeness (QED) is 0.549. The van der Waals surface area contributed by atoms with Crippen molar-refractivity contribution in [2.45, 2.75) is 39.3 Å². The molecule has 2 aromatic carbocycles. The lowest BCUT2D eigenvalue weighted by Gasteiger charge is -2.14. The van der Waals surface area contributed by atoms with Crippen LogP contribution in [0.5, 0.6) is 0 Å². The fourth-order valence-electron chi connectivity index (χ4n) is 3.15. The molecule has 1 aromatic heterocycles. The minimum absolute atomic E-state index is 0.0578. The summed E-state index contributed by atoms with van der Waals surface area (Å²) in [6, 6.07) is 14.2. The number of ether oxygens (including phenoxy) is 1. The normalized spacial score (nSPS) is 11.6. The van der Waals surface area contributed by atoms with Crippen LogP contribution in [-0.2, 0) is 22.6 Å². The fourth-order valence-corrected chi connectivity index (χ4v) is 3.15. The largest absolute Gasteiger partial charge is 0.445 e. The van der Waals surface area contributed by atoms with Crippen LogP contribution in [0.1, 0.15) is 41.8 Å². The number of benzene rings is 2. The monoisotopic (exact) mass is 436 g/mol. The molecule has 3 aromatic rings. The highest BCUT2D eigenvalue weighted by Gasteiger charge is 2.20. The highest BCUT2D eigenvalue weighted by Crippen LogP contribution is 2.20. The maximum absolute atomic E-state index is 12.5. The van der Waals surface area contributed by atoms with Crippen molar-refractivity contribution in [1.82, 2.24) is 10.6 Å². The van der Waals surface area contributed by atoms with E-state index in [9.17, 15) is 19.2 Å². The number of hydrogen-bond donors (Lipinski definition) is 2. The van der Waals surface area contributed by atoms with Gasteiger partial charge in [0, 0.05) is 17.0 Å². The SMILES string of the molecule is CCCc1cc(=O)oc2cc(C(=O)NC(=O)[C@H](C)NC(=O)OCc3ccccc3)ccc12. The molecule has 8 heteroatoms. The van der Waals surface area contributed by atoms with Crippen molar-refractivity contribution in [2.24, 2.45) is 0 Å². The Bertz CT molecular complexity index is 1190. The van der Waals surface area contributed by atoms with Gasteiger partial charge < -0.3 is 14.5 Å². The standard InChI is InChI=1S/C24H24N2O6/c1-3-7-17-13-21(27)32-20-12-18(10-11-19(17)20)23(29)26-22(28)15(2)25-24(30)31-14-16-8-5-4-6-9-16/h4-6,8-13,15H,3,7,14H2,1-2H3,(H,25,30)(H,26,28,29)/t15-/m0/s1. The summed E-state index contributed by atoms with van der Waals surface area (Å²) >= 11 is 0. The first kappa shape index (κ1) is 22.7. The Labute approximate surface area is 184 Å². The summed E-state index contributed by atoms with van der Waals surface area (Å²) < 4.78 is 10.3. The summed E-state index contributed by atoms with van der Waals surface area (Å²) in [6.45, 7) is 3.49. The third-order valence-electron chi connectivity index (χ3n) is 4.79. The zero-order chi connectivity index (χ0) is 23.1. The first-order chi connectivity index (χ1) is 15.4. The van der Waals surface area contributed by atoms with Gasteiger partial charge in [0.05, 0.1) is 0 Å². The van der Waals surface area contributed by atoms with Crippen LogP contribution in [0.4, 0.5) is 4.79 Å². The van der Waals surface area contributed by atoms with Crippen LogP contribution in [0.25, 0.3) is 11.0 Å². The van der Waals surface area contributed by atoms with Crippen LogP contribution in [0, 0.1) is 0 Å². The summed E-state index contributed by atoms with van der Waals surface area (Å²) in [5.41, 5.74) is 1.58. The summed E-state index contributed by atoms with van der Waals surface area (Å²) in [4.78, 5) is 48.5.